The maximum Gasteiger partial charge on any atom is 0.416 e. The minimum atomic E-state index is -4.39. The molecule has 0 radical (unpaired) electrons. The highest BCUT2D eigenvalue weighted by Crippen LogP contribution is 2.33. The van der Waals surface area contributed by atoms with E-state index in [1.54, 1.807) is 4.90 Å². The SMILES string of the molecule is O=C(CNc1cc(C(F)(F)F)ccc1Br)N1CCCCC1. The first kappa shape index (κ1) is 16.1. The summed E-state index contributed by atoms with van der Waals surface area (Å²) in [7, 11) is 0. The summed E-state index contributed by atoms with van der Waals surface area (Å²) in [6, 6.07) is 3.34. The molecule has 0 unspecified atom stereocenters. The normalized spacial score (nSPS) is 15.9. The fourth-order valence-corrected chi connectivity index (χ4v) is 2.65. The van der Waals surface area contributed by atoms with Crippen LogP contribution in [0.25, 0.3) is 0 Å². The third kappa shape index (κ3) is 4.36. The van der Waals surface area contributed by atoms with Gasteiger partial charge in [0.2, 0.25) is 5.91 Å². The van der Waals surface area contributed by atoms with Gasteiger partial charge in [-0.25, -0.2) is 0 Å². The monoisotopic (exact) mass is 364 g/mol. The highest BCUT2D eigenvalue weighted by atomic mass is 79.9. The van der Waals surface area contributed by atoms with Crippen LogP contribution in [-0.4, -0.2) is 30.4 Å². The number of benzene rings is 1. The molecule has 3 nitrogen and oxygen atoms in total. The number of amides is 1. The highest BCUT2D eigenvalue weighted by molar-refractivity contribution is 9.10. The lowest BCUT2D eigenvalue weighted by molar-refractivity contribution is -0.137. The first-order chi connectivity index (χ1) is 9.88. The van der Waals surface area contributed by atoms with Gasteiger partial charge in [-0.15, -0.1) is 0 Å². The van der Waals surface area contributed by atoms with Crippen molar-refractivity contribution in [1.29, 1.82) is 0 Å². The summed E-state index contributed by atoms with van der Waals surface area (Å²) in [5.74, 6) is -0.0842. The molecule has 1 fully saturated rings. The number of rotatable bonds is 3. The lowest BCUT2D eigenvalue weighted by atomic mass is 10.1. The molecule has 1 aromatic carbocycles. The van der Waals surface area contributed by atoms with Crippen molar-refractivity contribution in [2.24, 2.45) is 0 Å². The topological polar surface area (TPSA) is 32.3 Å². The van der Waals surface area contributed by atoms with Crippen molar-refractivity contribution < 1.29 is 18.0 Å². The molecule has 0 bridgehead atoms. The van der Waals surface area contributed by atoms with Crippen molar-refractivity contribution in [3.8, 4) is 0 Å². The number of likely N-dealkylation sites (tertiary alicyclic amines) is 1. The summed E-state index contributed by atoms with van der Waals surface area (Å²) in [6.07, 6.45) is -1.30. The summed E-state index contributed by atoms with van der Waals surface area (Å²) in [6.45, 7) is 1.45. The summed E-state index contributed by atoms with van der Waals surface area (Å²) in [4.78, 5) is 13.7. The Morgan fingerprint density at radius 3 is 2.52 bits per heavy atom. The van der Waals surface area contributed by atoms with E-state index in [1.807, 2.05) is 0 Å². The van der Waals surface area contributed by atoms with Crippen LogP contribution in [0.2, 0.25) is 0 Å². The van der Waals surface area contributed by atoms with Crippen molar-refractivity contribution in [1.82, 2.24) is 4.90 Å². The van der Waals surface area contributed by atoms with Crippen LogP contribution in [0.1, 0.15) is 24.8 Å². The lowest BCUT2D eigenvalue weighted by Crippen LogP contribution is -2.39. The van der Waals surface area contributed by atoms with Crippen LogP contribution in [0.4, 0.5) is 18.9 Å². The quantitative estimate of drug-likeness (QED) is 0.882. The van der Waals surface area contributed by atoms with Gasteiger partial charge in [-0.3, -0.25) is 4.79 Å². The van der Waals surface area contributed by atoms with E-state index in [4.69, 9.17) is 0 Å². The molecule has 116 valence electrons. The number of hydrogen-bond donors (Lipinski definition) is 1. The number of hydrogen-bond acceptors (Lipinski definition) is 2. The Morgan fingerprint density at radius 2 is 1.90 bits per heavy atom. The van der Waals surface area contributed by atoms with Gasteiger partial charge < -0.3 is 10.2 Å². The van der Waals surface area contributed by atoms with Gasteiger partial charge in [0.1, 0.15) is 0 Å². The molecule has 1 amide bonds. The van der Waals surface area contributed by atoms with Crippen LogP contribution in [0.3, 0.4) is 0 Å². The zero-order chi connectivity index (χ0) is 15.5. The van der Waals surface area contributed by atoms with Gasteiger partial charge in [0.25, 0.3) is 0 Å². The molecule has 1 aromatic rings. The molecule has 21 heavy (non-hydrogen) atoms. The summed E-state index contributed by atoms with van der Waals surface area (Å²) in [5.41, 5.74) is -0.464. The zero-order valence-electron chi connectivity index (χ0n) is 11.3. The van der Waals surface area contributed by atoms with Crippen LogP contribution in [0.15, 0.2) is 22.7 Å². The smallest absolute Gasteiger partial charge is 0.375 e. The van der Waals surface area contributed by atoms with Crippen molar-refractivity contribution in [3.05, 3.63) is 28.2 Å². The third-order valence-corrected chi connectivity index (χ3v) is 4.12. The van der Waals surface area contributed by atoms with Crippen molar-refractivity contribution in [2.45, 2.75) is 25.4 Å². The highest BCUT2D eigenvalue weighted by Gasteiger charge is 2.31. The van der Waals surface area contributed by atoms with Gasteiger partial charge in [0.15, 0.2) is 0 Å². The average molecular weight is 365 g/mol. The van der Waals surface area contributed by atoms with Crippen LogP contribution < -0.4 is 5.32 Å². The molecule has 1 saturated heterocycles. The summed E-state index contributed by atoms with van der Waals surface area (Å²) >= 11 is 3.19. The third-order valence-electron chi connectivity index (χ3n) is 3.43. The van der Waals surface area contributed by atoms with Crippen LogP contribution in [-0.2, 0) is 11.0 Å². The maximum absolute atomic E-state index is 12.7. The van der Waals surface area contributed by atoms with E-state index in [0.717, 1.165) is 44.5 Å². The minimum absolute atomic E-state index is 0.0000888. The van der Waals surface area contributed by atoms with E-state index in [2.05, 4.69) is 21.2 Å². The van der Waals surface area contributed by atoms with Crippen molar-refractivity contribution >= 4 is 27.5 Å². The number of anilines is 1. The standard InChI is InChI=1S/C14H16BrF3N2O/c15-11-5-4-10(14(16,17)18)8-12(11)19-9-13(21)20-6-2-1-3-7-20/h4-5,8,19H,1-3,6-7,9H2. The molecule has 7 heteroatoms. The molecule has 2 rings (SSSR count). The zero-order valence-corrected chi connectivity index (χ0v) is 12.9. The molecule has 1 aliphatic heterocycles. The van der Waals surface area contributed by atoms with Gasteiger partial charge >= 0.3 is 6.18 Å². The average Bonchev–Trinajstić information content (AvgIpc) is 2.45. The first-order valence-corrected chi connectivity index (χ1v) is 7.55. The van der Waals surface area contributed by atoms with Gasteiger partial charge in [-0.05, 0) is 53.4 Å². The molecule has 0 spiro atoms. The Kier molecular flexibility index (Phi) is 5.13. The van der Waals surface area contributed by atoms with E-state index < -0.39 is 11.7 Å². The molecule has 0 aromatic heterocycles. The molecule has 1 heterocycles. The molecule has 0 aliphatic carbocycles. The van der Waals surface area contributed by atoms with Gasteiger partial charge in [-0.1, -0.05) is 0 Å². The van der Waals surface area contributed by atoms with Crippen molar-refractivity contribution in [3.63, 3.8) is 0 Å². The summed E-state index contributed by atoms with van der Waals surface area (Å²) < 4.78 is 38.5. The van der Waals surface area contributed by atoms with E-state index in [0.29, 0.717) is 4.47 Å². The van der Waals surface area contributed by atoms with Crippen LogP contribution in [0.5, 0.6) is 0 Å². The molecule has 0 atom stereocenters. The Hall–Kier alpha value is -1.24. The number of alkyl halides is 3. The largest absolute Gasteiger partial charge is 0.416 e. The Balaban J connectivity index is 2.00. The Bertz CT molecular complexity index is 513. The fourth-order valence-electron chi connectivity index (χ4n) is 2.26. The van der Waals surface area contributed by atoms with E-state index >= 15 is 0 Å². The second-order valence-electron chi connectivity index (χ2n) is 4.99. The Morgan fingerprint density at radius 1 is 1.24 bits per heavy atom. The maximum atomic E-state index is 12.7. The number of halogens is 4. The van der Waals surface area contributed by atoms with Crippen LogP contribution >= 0.6 is 15.9 Å². The van der Waals surface area contributed by atoms with Gasteiger partial charge in [0.05, 0.1) is 12.1 Å². The lowest BCUT2D eigenvalue weighted by Gasteiger charge is -2.27. The predicted molar refractivity (Wildman–Crippen MR) is 78.1 cm³/mol. The van der Waals surface area contributed by atoms with E-state index in [-0.39, 0.29) is 18.1 Å². The number of carbonyl (C=O) groups is 1. The molecule has 0 saturated carbocycles. The van der Waals surface area contributed by atoms with Gasteiger partial charge in [-0.2, -0.15) is 13.2 Å². The molecular formula is C14H16BrF3N2O. The number of carbonyl (C=O) groups excluding carboxylic acids is 1. The second-order valence-corrected chi connectivity index (χ2v) is 5.84. The first-order valence-electron chi connectivity index (χ1n) is 6.76. The molecule has 1 aliphatic rings. The molecule has 1 N–H and O–H groups in total. The van der Waals surface area contributed by atoms with E-state index in [9.17, 15) is 18.0 Å². The number of nitrogens with one attached hydrogen (secondary N) is 1. The minimum Gasteiger partial charge on any atom is -0.375 e. The second kappa shape index (κ2) is 6.68. The predicted octanol–water partition coefficient (Wildman–Crippen LogP) is 3.89. The summed E-state index contributed by atoms with van der Waals surface area (Å²) in [5, 5.41) is 2.78. The number of piperidine rings is 1. The van der Waals surface area contributed by atoms with Crippen molar-refractivity contribution in [2.75, 3.05) is 25.0 Å². The fraction of sp³-hybridized carbons (Fsp3) is 0.500. The van der Waals surface area contributed by atoms with E-state index in [1.165, 1.54) is 6.07 Å². The Labute approximate surface area is 129 Å². The van der Waals surface area contributed by atoms with Gasteiger partial charge in [0, 0.05) is 23.2 Å². The number of nitrogens with zero attached hydrogens (tertiary/aromatic N) is 1. The molecular weight excluding hydrogens is 349 g/mol. The van der Waals surface area contributed by atoms with Crippen LogP contribution in [0, 0.1) is 0 Å².